The maximum atomic E-state index is 11.7. The molecule has 2 rings (SSSR count). The van der Waals surface area contributed by atoms with Crippen LogP contribution in [-0.2, 0) is 4.79 Å². The molecule has 7 heteroatoms. The second-order valence-corrected chi connectivity index (χ2v) is 6.55. The molecule has 1 saturated heterocycles. The predicted molar refractivity (Wildman–Crippen MR) is 85.1 cm³/mol. The summed E-state index contributed by atoms with van der Waals surface area (Å²) < 4.78 is 0. The summed E-state index contributed by atoms with van der Waals surface area (Å²) in [6.07, 6.45) is 1.56. The molecule has 0 radical (unpaired) electrons. The topological polar surface area (TPSA) is 45.9 Å². The fraction of sp³-hybridized carbons (Fsp3) is 0.385. The Morgan fingerprint density at radius 2 is 2.10 bits per heavy atom. The maximum Gasteiger partial charge on any atom is 0.295 e. The molecule has 0 aliphatic carbocycles. The number of hydrogen-bond acceptors (Lipinski definition) is 3. The van der Waals surface area contributed by atoms with Crippen molar-refractivity contribution >= 4 is 47.1 Å². The Morgan fingerprint density at radius 3 is 2.80 bits per heavy atom. The quantitative estimate of drug-likeness (QED) is 0.640. The Bertz CT molecular complexity index is 504. The van der Waals surface area contributed by atoms with Gasteiger partial charge in [0.15, 0.2) is 6.54 Å². The average Bonchev–Trinajstić information content (AvgIpc) is 2.44. The maximum absolute atomic E-state index is 11.7. The molecule has 0 aromatic heterocycles. The summed E-state index contributed by atoms with van der Waals surface area (Å²) >= 11 is 13.7. The van der Waals surface area contributed by atoms with Crippen molar-refractivity contribution in [3.05, 3.63) is 33.8 Å². The second kappa shape index (κ2) is 7.88. The molecule has 1 fully saturated rings. The molecule has 1 aliphatic rings. The van der Waals surface area contributed by atoms with Gasteiger partial charge in [-0.2, -0.15) is 16.9 Å². The first-order chi connectivity index (χ1) is 9.65. The Hall–Kier alpha value is -0.750. The molecule has 1 aromatic carbocycles. The number of amides is 1. The molecule has 1 aromatic rings. The van der Waals surface area contributed by atoms with Crippen LogP contribution >= 0.6 is 35.0 Å². The van der Waals surface area contributed by atoms with Gasteiger partial charge in [-0.05, 0) is 17.7 Å². The number of hydrazone groups is 1. The van der Waals surface area contributed by atoms with E-state index in [9.17, 15) is 4.79 Å². The van der Waals surface area contributed by atoms with Gasteiger partial charge in [-0.1, -0.05) is 29.3 Å². The van der Waals surface area contributed by atoms with E-state index in [-0.39, 0.29) is 5.91 Å². The number of quaternary nitrogens is 1. The predicted octanol–water partition coefficient (Wildman–Crippen LogP) is 1.08. The number of halogens is 2. The van der Waals surface area contributed by atoms with Crippen molar-refractivity contribution in [1.29, 1.82) is 0 Å². The van der Waals surface area contributed by atoms with Gasteiger partial charge in [0.1, 0.15) is 0 Å². The minimum absolute atomic E-state index is 0.0665. The summed E-state index contributed by atoms with van der Waals surface area (Å²) in [7, 11) is 0. The summed E-state index contributed by atoms with van der Waals surface area (Å²) in [5, 5.41) is 4.90. The van der Waals surface area contributed by atoms with Crippen LogP contribution in [0.3, 0.4) is 0 Å². The molecule has 1 amide bonds. The first-order valence-corrected chi connectivity index (χ1v) is 8.24. The highest BCUT2D eigenvalue weighted by atomic mass is 35.5. The number of nitrogens with zero attached hydrogens (tertiary/aromatic N) is 1. The van der Waals surface area contributed by atoms with Crippen LogP contribution in [0.5, 0.6) is 0 Å². The molecular weight excluding hydrogens is 317 g/mol. The van der Waals surface area contributed by atoms with Gasteiger partial charge in [0.2, 0.25) is 0 Å². The number of benzene rings is 1. The van der Waals surface area contributed by atoms with Crippen molar-refractivity contribution < 1.29 is 9.69 Å². The highest BCUT2D eigenvalue weighted by Crippen LogP contribution is 2.21. The van der Waals surface area contributed by atoms with Crippen LogP contribution in [0.2, 0.25) is 10.0 Å². The Labute approximate surface area is 132 Å². The number of rotatable bonds is 4. The van der Waals surface area contributed by atoms with Crippen LogP contribution in [-0.4, -0.2) is 43.3 Å². The van der Waals surface area contributed by atoms with Gasteiger partial charge < -0.3 is 4.90 Å². The third-order valence-electron chi connectivity index (χ3n) is 2.96. The summed E-state index contributed by atoms with van der Waals surface area (Å²) in [6, 6.07) is 5.19. The van der Waals surface area contributed by atoms with Crippen LogP contribution in [0, 0.1) is 0 Å². The van der Waals surface area contributed by atoms with Gasteiger partial charge in [-0.3, -0.25) is 4.79 Å². The van der Waals surface area contributed by atoms with Crippen LogP contribution in [0.1, 0.15) is 5.56 Å². The zero-order chi connectivity index (χ0) is 14.4. The monoisotopic (exact) mass is 332 g/mol. The summed E-state index contributed by atoms with van der Waals surface area (Å²) in [6.45, 7) is 2.54. The SMILES string of the molecule is O=C(C[NH+]1CCSCC1)N/N=C\c1ccc(Cl)c(Cl)c1. The largest absolute Gasteiger partial charge is 0.326 e. The van der Waals surface area contributed by atoms with E-state index in [1.54, 1.807) is 24.4 Å². The van der Waals surface area contributed by atoms with E-state index in [2.05, 4.69) is 10.5 Å². The highest BCUT2D eigenvalue weighted by Gasteiger charge is 2.16. The molecule has 108 valence electrons. The fourth-order valence-electron chi connectivity index (χ4n) is 1.87. The third-order valence-corrected chi connectivity index (χ3v) is 4.68. The molecule has 0 atom stereocenters. The van der Waals surface area contributed by atoms with Gasteiger partial charge in [-0.15, -0.1) is 0 Å². The lowest BCUT2D eigenvalue weighted by Gasteiger charge is -2.21. The van der Waals surface area contributed by atoms with Gasteiger partial charge in [-0.25, -0.2) is 5.43 Å². The number of hydrogen-bond donors (Lipinski definition) is 2. The van der Waals surface area contributed by atoms with Crippen molar-refractivity contribution in [2.24, 2.45) is 5.10 Å². The Balaban J connectivity index is 1.79. The molecule has 0 unspecified atom stereocenters. The van der Waals surface area contributed by atoms with E-state index >= 15 is 0 Å². The normalized spacial score (nSPS) is 16.5. The van der Waals surface area contributed by atoms with Crippen LogP contribution in [0.4, 0.5) is 0 Å². The molecule has 1 heterocycles. The lowest BCUT2D eigenvalue weighted by atomic mass is 10.2. The standard InChI is InChI=1S/C13H15Cl2N3OS/c14-11-2-1-10(7-12(11)15)8-16-17-13(19)9-18-3-5-20-6-4-18/h1-2,7-8H,3-6,9H2,(H,17,19)/p+1/b16-8-. The molecule has 4 nitrogen and oxygen atoms in total. The number of carbonyl (C=O) groups excluding carboxylic acids is 1. The zero-order valence-corrected chi connectivity index (χ0v) is 13.2. The van der Waals surface area contributed by atoms with E-state index in [1.165, 1.54) is 4.90 Å². The van der Waals surface area contributed by atoms with Gasteiger partial charge in [0.05, 0.1) is 29.3 Å². The first kappa shape index (κ1) is 15.6. The number of carbonyl (C=O) groups is 1. The molecule has 0 saturated carbocycles. The van der Waals surface area contributed by atoms with Crippen molar-refractivity contribution in [2.45, 2.75) is 0 Å². The Kier molecular flexibility index (Phi) is 6.16. The fourth-order valence-corrected chi connectivity index (χ4v) is 3.25. The minimum atomic E-state index is -0.0665. The van der Waals surface area contributed by atoms with E-state index in [1.807, 2.05) is 11.8 Å². The summed E-state index contributed by atoms with van der Waals surface area (Å²) in [4.78, 5) is 13.0. The van der Waals surface area contributed by atoms with Crippen LogP contribution < -0.4 is 10.3 Å². The van der Waals surface area contributed by atoms with E-state index in [0.717, 1.165) is 30.2 Å². The van der Waals surface area contributed by atoms with Gasteiger partial charge in [0.25, 0.3) is 5.91 Å². The summed E-state index contributed by atoms with van der Waals surface area (Å²) in [5.41, 5.74) is 3.33. The average molecular weight is 333 g/mol. The van der Waals surface area contributed by atoms with E-state index in [4.69, 9.17) is 23.2 Å². The first-order valence-electron chi connectivity index (χ1n) is 6.33. The molecule has 2 N–H and O–H groups in total. The van der Waals surface area contributed by atoms with E-state index < -0.39 is 0 Å². The minimum Gasteiger partial charge on any atom is -0.326 e. The molecule has 0 bridgehead atoms. The van der Waals surface area contributed by atoms with Crippen molar-refractivity contribution in [2.75, 3.05) is 31.1 Å². The van der Waals surface area contributed by atoms with Crippen molar-refractivity contribution in [3.63, 3.8) is 0 Å². The van der Waals surface area contributed by atoms with Crippen LogP contribution in [0.25, 0.3) is 0 Å². The van der Waals surface area contributed by atoms with Gasteiger partial charge >= 0.3 is 0 Å². The Morgan fingerprint density at radius 1 is 1.35 bits per heavy atom. The molecular formula is C13H16Cl2N3OS+. The van der Waals surface area contributed by atoms with Gasteiger partial charge in [0, 0.05) is 11.5 Å². The molecule has 1 aliphatic heterocycles. The smallest absolute Gasteiger partial charge is 0.295 e. The third kappa shape index (κ3) is 4.98. The van der Waals surface area contributed by atoms with Crippen LogP contribution in [0.15, 0.2) is 23.3 Å². The lowest BCUT2D eigenvalue weighted by Crippen LogP contribution is -3.14. The van der Waals surface area contributed by atoms with Crippen molar-refractivity contribution in [3.8, 4) is 0 Å². The highest BCUT2D eigenvalue weighted by molar-refractivity contribution is 7.99. The molecule has 20 heavy (non-hydrogen) atoms. The summed E-state index contributed by atoms with van der Waals surface area (Å²) in [5.74, 6) is 2.17. The zero-order valence-electron chi connectivity index (χ0n) is 10.9. The number of nitrogens with one attached hydrogen (secondary N) is 2. The second-order valence-electron chi connectivity index (χ2n) is 4.51. The van der Waals surface area contributed by atoms with E-state index in [0.29, 0.717) is 16.6 Å². The molecule has 0 spiro atoms. The van der Waals surface area contributed by atoms with Crippen molar-refractivity contribution in [1.82, 2.24) is 5.43 Å². The number of thioether (sulfide) groups is 1. The lowest BCUT2D eigenvalue weighted by molar-refractivity contribution is -0.888.